The highest BCUT2D eigenvalue weighted by Gasteiger charge is 2.18. The molecule has 1 aromatic heterocycles. The first-order valence-corrected chi connectivity index (χ1v) is 15.1. The van der Waals surface area contributed by atoms with Crippen LogP contribution in [-0.4, -0.2) is 28.9 Å². The Morgan fingerprint density at radius 2 is 1.80 bits per heavy atom. The molecule has 0 radical (unpaired) electrons. The molecule has 1 fully saturated rings. The van der Waals surface area contributed by atoms with Crippen LogP contribution in [0.2, 0.25) is 0 Å². The fraction of sp³-hybridized carbons (Fsp3) is 0.389. The van der Waals surface area contributed by atoms with Gasteiger partial charge in [0, 0.05) is 31.3 Å². The number of carbonyl (C=O) groups excluding carboxylic acids is 1. The maximum atomic E-state index is 12.6. The Labute approximate surface area is 245 Å². The molecule has 3 aromatic rings. The van der Waals surface area contributed by atoms with E-state index in [1.165, 1.54) is 35.1 Å². The van der Waals surface area contributed by atoms with Crippen LogP contribution in [0.1, 0.15) is 85.6 Å². The van der Waals surface area contributed by atoms with E-state index in [2.05, 4.69) is 60.5 Å². The summed E-state index contributed by atoms with van der Waals surface area (Å²) in [6, 6.07) is 16.7. The number of fused-ring (bicyclic) bond motifs is 1. The molecule has 1 aliphatic heterocycles. The molecule has 5 nitrogen and oxygen atoms in total. The van der Waals surface area contributed by atoms with E-state index in [9.17, 15) is 4.79 Å². The Morgan fingerprint density at radius 3 is 2.54 bits per heavy atom. The Kier molecular flexibility index (Phi) is 8.92. The van der Waals surface area contributed by atoms with Gasteiger partial charge in [-0.3, -0.25) is 9.78 Å². The van der Waals surface area contributed by atoms with Gasteiger partial charge in [0.1, 0.15) is 0 Å². The summed E-state index contributed by atoms with van der Waals surface area (Å²) in [5.41, 5.74) is 11.3. The first-order valence-electron chi connectivity index (χ1n) is 15.1. The molecule has 5 heteroatoms. The first kappa shape index (κ1) is 28.7. The molecule has 1 atom stereocenters. The standard InChI is InChI=1S/C36H42N4O/c1-6-26-18-25(4)34(37-23-26)20-28-9-7-8-27(10-11-28)19-33-21-32-17-16-31(22-35(32)39-38-33)29-12-14-30(15-13-29)36(41)40(5)24(2)3/h12-20,22-24,27H,6-11,21H2,1-5H3/b28-20-,33-19?. The second-order valence-corrected chi connectivity index (χ2v) is 11.9. The van der Waals surface area contributed by atoms with Crippen LogP contribution in [-0.2, 0) is 12.8 Å². The molecule has 212 valence electrons. The first-order chi connectivity index (χ1) is 19.8. The van der Waals surface area contributed by atoms with Crippen LogP contribution >= 0.6 is 0 Å². The fourth-order valence-electron chi connectivity index (χ4n) is 5.67. The maximum absolute atomic E-state index is 12.6. The SMILES string of the molecule is CCc1cnc(/C=C2/CCCC(C=C3Cc4ccc(-c5ccc(C(=O)N(C)C(C)C)cc5)cc4N=N3)CC2)c(C)c1. The summed E-state index contributed by atoms with van der Waals surface area (Å²) < 4.78 is 0. The van der Waals surface area contributed by atoms with E-state index in [1.807, 2.05) is 51.4 Å². The predicted octanol–water partition coefficient (Wildman–Crippen LogP) is 9.29. The van der Waals surface area contributed by atoms with Gasteiger partial charge in [0.25, 0.3) is 5.91 Å². The van der Waals surface area contributed by atoms with Crippen molar-refractivity contribution in [2.75, 3.05) is 7.05 Å². The van der Waals surface area contributed by atoms with E-state index in [0.29, 0.717) is 11.5 Å². The highest BCUT2D eigenvalue weighted by molar-refractivity contribution is 5.94. The Morgan fingerprint density at radius 1 is 1.02 bits per heavy atom. The molecular formula is C36H42N4O. The zero-order chi connectivity index (χ0) is 28.9. The summed E-state index contributed by atoms with van der Waals surface area (Å²) in [7, 11) is 1.84. The molecule has 1 amide bonds. The second kappa shape index (κ2) is 12.8. The van der Waals surface area contributed by atoms with Gasteiger partial charge in [0.05, 0.1) is 17.1 Å². The zero-order valence-corrected chi connectivity index (χ0v) is 25.2. The minimum absolute atomic E-state index is 0.0415. The molecule has 1 unspecified atom stereocenters. The van der Waals surface area contributed by atoms with E-state index in [0.717, 1.165) is 60.3 Å². The molecular weight excluding hydrogens is 504 g/mol. The highest BCUT2D eigenvalue weighted by Crippen LogP contribution is 2.35. The maximum Gasteiger partial charge on any atom is 0.253 e. The number of pyridine rings is 1. The van der Waals surface area contributed by atoms with Crippen LogP contribution in [0.15, 0.2) is 82.3 Å². The number of nitrogens with zero attached hydrogens (tertiary/aromatic N) is 4. The third kappa shape index (κ3) is 6.90. The van der Waals surface area contributed by atoms with Gasteiger partial charge in [-0.2, -0.15) is 10.2 Å². The lowest BCUT2D eigenvalue weighted by Crippen LogP contribution is -2.32. The van der Waals surface area contributed by atoms with Crippen molar-refractivity contribution >= 4 is 17.7 Å². The van der Waals surface area contributed by atoms with Crippen LogP contribution in [0.4, 0.5) is 5.69 Å². The number of aromatic nitrogens is 1. The van der Waals surface area contributed by atoms with Crippen molar-refractivity contribution in [3.8, 4) is 11.1 Å². The smallest absolute Gasteiger partial charge is 0.253 e. The predicted molar refractivity (Wildman–Crippen MR) is 168 cm³/mol. The molecule has 2 heterocycles. The fourth-order valence-corrected chi connectivity index (χ4v) is 5.67. The number of hydrogen-bond donors (Lipinski definition) is 0. The van der Waals surface area contributed by atoms with Gasteiger partial charge in [-0.25, -0.2) is 0 Å². The molecule has 0 saturated heterocycles. The van der Waals surface area contributed by atoms with Crippen LogP contribution in [0.25, 0.3) is 17.2 Å². The average molecular weight is 547 g/mol. The number of aryl methyl sites for hydroxylation is 2. The second-order valence-electron chi connectivity index (χ2n) is 11.9. The molecule has 0 bridgehead atoms. The summed E-state index contributed by atoms with van der Waals surface area (Å²) in [6.07, 6.45) is 14.3. The van der Waals surface area contributed by atoms with E-state index >= 15 is 0 Å². The minimum atomic E-state index is 0.0415. The van der Waals surface area contributed by atoms with Crippen molar-refractivity contribution in [3.05, 3.63) is 100 Å². The minimum Gasteiger partial charge on any atom is -0.339 e. The van der Waals surface area contributed by atoms with Crippen LogP contribution in [0, 0.1) is 12.8 Å². The molecule has 2 aliphatic rings. The Bertz CT molecular complexity index is 1500. The van der Waals surface area contributed by atoms with Crippen molar-refractivity contribution in [1.82, 2.24) is 9.88 Å². The number of allylic oxidation sites excluding steroid dienone is 3. The zero-order valence-electron chi connectivity index (χ0n) is 25.2. The molecule has 0 N–H and O–H groups in total. The summed E-state index contributed by atoms with van der Waals surface area (Å²) in [4.78, 5) is 19.1. The van der Waals surface area contributed by atoms with Crippen molar-refractivity contribution < 1.29 is 4.79 Å². The van der Waals surface area contributed by atoms with Crippen LogP contribution in [0.5, 0.6) is 0 Å². The lowest BCUT2D eigenvalue weighted by atomic mass is 9.95. The molecule has 41 heavy (non-hydrogen) atoms. The summed E-state index contributed by atoms with van der Waals surface area (Å²) in [6.45, 7) is 8.38. The van der Waals surface area contributed by atoms with Gasteiger partial charge in [0.2, 0.25) is 0 Å². The third-order valence-corrected chi connectivity index (χ3v) is 8.56. The summed E-state index contributed by atoms with van der Waals surface area (Å²) in [5, 5.41) is 9.24. The quantitative estimate of drug-likeness (QED) is 0.289. The molecule has 2 aromatic carbocycles. The summed E-state index contributed by atoms with van der Waals surface area (Å²) in [5.74, 6) is 0.572. The Balaban J connectivity index is 1.23. The van der Waals surface area contributed by atoms with Crippen LogP contribution in [0.3, 0.4) is 0 Å². The molecule has 1 saturated carbocycles. The highest BCUT2D eigenvalue weighted by atomic mass is 16.2. The normalized spacial score (nSPS) is 18.9. The van der Waals surface area contributed by atoms with Gasteiger partial charge in [-0.1, -0.05) is 48.9 Å². The van der Waals surface area contributed by atoms with E-state index in [-0.39, 0.29) is 11.9 Å². The largest absolute Gasteiger partial charge is 0.339 e. The van der Waals surface area contributed by atoms with E-state index in [4.69, 9.17) is 4.98 Å². The van der Waals surface area contributed by atoms with E-state index < -0.39 is 0 Å². The third-order valence-electron chi connectivity index (χ3n) is 8.56. The van der Waals surface area contributed by atoms with Crippen molar-refractivity contribution in [2.24, 2.45) is 16.1 Å². The average Bonchev–Trinajstić information content (AvgIpc) is 3.21. The topological polar surface area (TPSA) is 57.9 Å². The summed E-state index contributed by atoms with van der Waals surface area (Å²) >= 11 is 0. The van der Waals surface area contributed by atoms with Gasteiger partial charge in [-0.05, 0) is 117 Å². The van der Waals surface area contributed by atoms with Crippen molar-refractivity contribution in [3.63, 3.8) is 0 Å². The number of rotatable bonds is 6. The van der Waals surface area contributed by atoms with Gasteiger partial charge < -0.3 is 4.90 Å². The lowest BCUT2D eigenvalue weighted by molar-refractivity contribution is 0.0755. The number of amides is 1. The van der Waals surface area contributed by atoms with E-state index in [1.54, 1.807) is 4.90 Å². The van der Waals surface area contributed by atoms with Crippen molar-refractivity contribution in [1.29, 1.82) is 0 Å². The molecule has 5 rings (SSSR count). The Hall–Kier alpha value is -3.86. The van der Waals surface area contributed by atoms with Gasteiger partial charge in [-0.15, -0.1) is 0 Å². The monoisotopic (exact) mass is 546 g/mol. The number of azo groups is 1. The van der Waals surface area contributed by atoms with Gasteiger partial charge in [0.15, 0.2) is 0 Å². The molecule has 0 spiro atoms. The van der Waals surface area contributed by atoms with Crippen molar-refractivity contribution in [2.45, 2.75) is 78.7 Å². The lowest BCUT2D eigenvalue weighted by Gasteiger charge is -2.21. The van der Waals surface area contributed by atoms with Crippen LogP contribution < -0.4 is 0 Å². The number of benzene rings is 2. The number of hydrogen-bond acceptors (Lipinski definition) is 4. The number of carbonyl (C=O) groups is 1. The molecule has 1 aliphatic carbocycles. The van der Waals surface area contributed by atoms with Gasteiger partial charge >= 0.3 is 0 Å².